The first-order valence-electron chi connectivity index (χ1n) is 5.25. The van der Waals surface area contributed by atoms with E-state index in [1.165, 1.54) is 19.6 Å². The van der Waals surface area contributed by atoms with Crippen LogP contribution < -0.4 is 14.0 Å². The van der Waals surface area contributed by atoms with E-state index in [0.717, 1.165) is 0 Å². The normalized spacial score (nSPS) is 13.4. The van der Waals surface area contributed by atoms with Crippen LogP contribution in [-0.2, 0) is 13.2 Å². The molecule has 0 aromatic rings. The number of hydrogen-bond donors (Lipinski definition) is 0. The van der Waals surface area contributed by atoms with Crippen molar-refractivity contribution < 1.29 is 50.6 Å². The number of hydrogen-bond acceptors (Lipinski definition) is 6. The summed E-state index contributed by atoms with van der Waals surface area (Å²) in [6.07, 6.45) is -4.86. The summed E-state index contributed by atoms with van der Waals surface area (Å²) in [6.45, 7) is 9.39. The molecule has 0 aromatic heterocycles. The predicted molar refractivity (Wildman–Crippen MR) is 59.9 cm³/mol. The Morgan fingerprint density at radius 3 is 1.35 bits per heavy atom. The second kappa shape index (κ2) is 7.20. The van der Waals surface area contributed by atoms with Gasteiger partial charge < -0.3 is 4.43 Å². The fraction of sp³-hybridized carbons (Fsp3) is 0.875. The molecule has 0 aliphatic heterocycles. The van der Waals surface area contributed by atoms with Gasteiger partial charge in [-0.15, -0.1) is 0 Å². The summed E-state index contributed by atoms with van der Waals surface area (Å²) in [4.78, 5) is 10.2. The monoisotopic (exact) mass is 358 g/mol. The maximum Gasteiger partial charge on any atom is 0.489 e. The number of rotatable bonds is 3. The molecule has 0 atom stereocenters. The zero-order chi connectivity index (χ0) is 17.0. The van der Waals surface area contributed by atoms with E-state index < -0.39 is 39.0 Å². The summed E-state index contributed by atoms with van der Waals surface area (Å²) in [5.41, 5.74) is 0. The maximum atomic E-state index is 11.5. The first-order chi connectivity index (χ1) is 8.33. The molecule has 0 heterocycles. The van der Waals surface area contributed by atoms with Crippen molar-refractivity contribution >= 4 is 22.6 Å². The van der Waals surface area contributed by atoms with E-state index in [9.17, 15) is 31.9 Å². The van der Waals surface area contributed by atoms with Gasteiger partial charge in [0.25, 0.3) is 0 Å². The molecule has 0 spiro atoms. The highest BCUT2D eigenvalue weighted by Gasteiger charge is 2.43. The highest BCUT2D eigenvalue weighted by atomic mass is 35.7. The molecule has 0 aliphatic carbocycles. The van der Waals surface area contributed by atoms with Crippen molar-refractivity contribution in [2.24, 2.45) is 0 Å². The van der Waals surface area contributed by atoms with E-state index in [1.54, 1.807) is 19.6 Å². The van der Waals surface area contributed by atoms with Gasteiger partial charge in [-0.25, -0.2) is 4.79 Å². The Morgan fingerprint density at radius 1 is 0.950 bits per heavy atom. The first kappa shape index (κ1) is 22.1. The van der Waals surface area contributed by atoms with Gasteiger partial charge in [0.2, 0.25) is 8.32 Å². The lowest BCUT2D eigenvalue weighted by atomic mass is 10.7. The minimum Gasteiger partial charge on any atom is -0.513 e. The third-order valence-corrected chi connectivity index (χ3v) is 4.36. The molecule has 0 fully saturated rings. The van der Waals surface area contributed by atoms with Crippen LogP contribution in [0.5, 0.6) is 0 Å². The van der Waals surface area contributed by atoms with Gasteiger partial charge in [-0.3, -0.25) is 0 Å². The number of alkyl halides is 3. The van der Waals surface area contributed by atoms with Gasteiger partial charge in [0.15, 0.2) is 0 Å². The van der Waals surface area contributed by atoms with Crippen molar-refractivity contribution in [2.75, 3.05) is 0 Å². The maximum absolute atomic E-state index is 11.5. The zero-order valence-electron chi connectivity index (χ0n) is 12.0. The third kappa shape index (κ3) is 17.8. The molecule has 20 heavy (non-hydrogen) atoms. The Labute approximate surface area is 119 Å². The first-order valence-corrected chi connectivity index (χ1v) is 13.3. The van der Waals surface area contributed by atoms with Crippen LogP contribution in [0.1, 0.15) is 0 Å². The smallest absolute Gasteiger partial charge is 0.489 e. The largest absolute Gasteiger partial charge is 0.513 e. The zero-order valence-corrected chi connectivity index (χ0v) is 14.7. The molecule has 0 unspecified atom stereocenters. The molecule has 0 N–H and O–H groups in total. The van der Waals surface area contributed by atoms with E-state index in [2.05, 4.69) is 8.40 Å². The molecule has 0 radical (unpaired) electrons. The molecule has 12 heteroatoms. The lowest BCUT2D eigenvalue weighted by molar-refractivity contribution is -1.91. The van der Waals surface area contributed by atoms with Gasteiger partial charge in [0.05, 0.1) is 10.2 Å². The van der Waals surface area contributed by atoms with E-state index in [4.69, 9.17) is 0 Å². The highest BCUT2D eigenvalue weighted by Crippen LogP contribution is 2.19. The molecule has 0 saturated heterocycles. The Hall–Kier alpha value is -0.176. The minimum absolute atomic E-state index is 1.51. The summed E-state index contributed by atoms with van der Waals surface area (Å²) in [7, 11) is -8.82. The van der Waals surface area contributed by atoms with E-state index in [0.29, 0.717) is 0 Å². The van der Waals surface area contributed by atoms with Crippen LogP contribution in [0, 0.1) is 10.2 Å². The van der Waals surface area contributed by atoms with Crippen LogP contribution in [0.25, 0.3) is 0 Å². The number of carbonyl (C=O) groups excluding carboxylic acids is 1. The van der Waals surface area contributed by atoms with Crippen LogP contribution in [0.2, 0.25) is 39.3 Å². The van der Waals surface area contributed by atoms with Gasteiger partial charge in [0, 0.05) is 0 Å². The quantitative estimate of drug-likeness (QED) is 0.639. The summed E-state index contributed by atoms with van der Waals surface area (Å²) < 4.78 is 72.5. The summed E-state index contributed by atoms with van der Waals surface area (Å²) in [5, 5.41) is 0. The van der Waals surface area contributed by atoms with Gasteiger partial charge in [0.1, 0.15) is 0 Å². The predicted octanol–water partition coefficient (Wildman–Crippen LogP) is -0.338. The SMILES string of the molecule is C[Si](C)(C)OC(=O)C(F)(F)F.C[Si](C)(C)O[Cl+3]([O-])([O-])[O-]. The fourth-order valence-electron chi connectivity index (χ4n) is 0.619. The van der Waals surface area contributed by atoms with E-state index >= 15 is 0 Å². The Morgan fingerprint density at radius 2 is 1.30 bits per heavy atom. The summed E-state index contributed by atoms with van der Waals surface area (Å²) in [6, 6.07) is 0. The average Bonchev–Trinajstić information content (AvgIpc) is 1.90. The Balaban J connectivity index is 0. The van der Waals surface area contributed by atoms with Crippen molar-refractivity contribution in [1.82, 2.24) is 0 Å². The summed E-state index contributed by atoms with van der Waals surface area (Å²) in [5.74, 6) is -2.09. The van der Waals surface area contributed by atoms with Crippen LogP contribution in [-0.4, -0.2) is 28.8 Å². The molecule has 6 nitrogen and oxygen atoms in total. The Bertz CT molecular complexity index is 306. The molecular formula is C8H18ClF3O6Si2. The van der Waals surface area contributed by atoms with Crippen molar-refractivity contribution in [2.45, 2.75) is 45.5 Å². The lowest BCUT2D eigenvalue weighted by Crippen LogP contribution is -2.64. The molecule has 0 amide bonds. The third-order valence-electron chi connectivity index (χ3n) is 0.956. The molecule has 0 bridgehead atoms. The summed E-state index contributed by atoms with van der Waals surface area (Å²) >= 11 is 0. The van der Waals surface area contributed by atoms with Crippen molar-refractivity contribution in [1.29, 1.82) is 0 Å². The van der Waals surface area contributed by atoms with Gasteiger partial charge in [-0.2, -0.15) is 27.1 Å². The van der Waals surface area contributed by atoms with Crippen LogP contribution >= 0.6 is 0 Å². The number of halogens is 4. The fourth-order valence-corrected chi connectivity index (χ4v) is 3.56. The molecule has 0 rings (SSSR count). The van der Waals surface area contributed by atoms with E-state index in [-0.39, 0.29) is 0 Å². The number of carbonyl (C=O) groups is 1. The Kier molecular flexibility index (Phi) is 7.96. The van der Waals surface area contributed by atoms with E-state index in [1.807, 2.05) is 0 Å². The topological polar surface area (TPSA) is 105 Å². The minimum atomic E-state index is -4.86. The van der Waals surface area contributed by atoms with Crippen molar-refractivity contribution in [3.63, 3.8) is 0 Å². The molecule has 0 aromatic carbocycles. The molecule has 122 valence electrons. The lowest BCUT2D eigenvalue weighted by Gasteiger charge is -2.19. The van der Waals surface area contributed by atoms with Crippen molar-refractivity contribution in [3.8, 4) is 0 Å². The standard InChI is InChI=1S/C5H9F3O2Si.C3H9ClO4Si/c1-11(2,3)10-4(9)5(6,7)8;1-9(2,3)8-4(5,6)7/h1-3H3;1-3H3. The van der Waals surface area contributed by atoms with Crippen molar-refractivity contribution in [3.05, 3.63) is 0 Å². The highest BCUT2D eigenvalue weighted by molar-refractivity contribution is 6.71. The average molecular weight is 359 g/mol. The van der Waals surface area contributed by atoms with Crippen LogP contribution in [0.3, 0.4) is 0 Å². The van der Waals surface area contributed by atoms with Crippen LogP contribution in [0.4, 0.5) is 13.2 Å². The molecule has 0 saturated carbocycles. The van der Waals surface area contributed by atoms with Gasteiger partial charge >= 0.3 is 20.5 Å². The van der Waals surface area contributed by atoms with Gasteiger partial charge in [-0.05, 0) is 43.3 Å². The second-order valence-electron chi connectivity index (χ2n) is 5.57. The van der Waals surface area contributed by atoms with Gasteiger partial charge in [-0.1, -0.05) is 0 Å². The molecular weight excluding hydrogens is 341 g/mol. The molecule has 0 aliphatic rings. The van der Waals surface area contributed by atoms with Crippen LogP contribution in [0.15, 0.2) is 0 Å². The second-order valence-corrected chi connectivity index (χ2v) is 15.6.